The van der Waals surface area contributed by atoms with Gasteiger partial charge in [0.05, 0.1) is 26.2 Å². The van der Waals surface area contributed by atoms with Crippen LogP contribution in [0.3, 0.4) is 0 Å². The molecule has 174 valence electrons. The molecule has 2 aromatic rings. The van der Waals surface area contributed by atoms with E-state index in [0.717, 1.165) is 36.2 Å². The summed E-state index contributed by atoms with van der Waals surface area (Å²) in [7, 11) is 0. The highest BCUT2D eigenvalue weighted by Gasteiger charge is 2.22. The number of nitrogens with one attached hydrogen (secondary N) is 1. The van der Waals surface area contributed by atoms with Gasteiger partial charge < -0.3 is 38.5 Å². The van der Waals surface area contributed by atoms with E-state index in [1.807, 2.05) is 30.3 Å². The third kappa shape index (κ3) is 7.79. The average Bonchev–Trinajstić information content (AvgIpc) is 2.84. The second kappa shape index (κ2) is 14.1. The van der Waals surface area contributed by atoms with Gasteiger partial charge in [-0.2, -0.15) is 0 Å². The Bertz CT molecular complexity index is 844. The molecule has 0 aliphatic rings. The van der Waals surface area contributed by atoms with Crippen molar-refractivity contribution in [3.05, 3.63) is 71.3 Å². The maximum Gasteiger partial charge on any atom is 0.251 e. The van der Waals surface area contributed by atoms with Gasteiger partial charge in [0.25, 0.3) is 5.91 Å². The number of likely N-dealkylation sites (N-methyl/N-ethyl adjacent to an activating group) is 1. The molecule has 1 unspecified atom stereocenters. The van der Waals surface area contributed by atoms with Gasteiger partial charge in [-0.05, 0) is 38.5 Å². The molecule has 0 aliphatic heterocycles. The lowest BCUT2D eigenvalue weighted by atomic mass is 10.1. The maximum atomic E-state index is 12.6. The molecule has 0 saturated heterocycles. The predicted octanol–water partition coefficient (Wildman–Crippen LogP) is 0.436. The molecule has 0 aliphatic carbocycles. The zero-order valence-corrected chi connectivity index (χ0v) is 21.2. The first-order valence-corrected chi connectivity index (χ1v) is 10.9. The fraction of sp³-hybridized carbons (Fsp3) is 0.400. The van der Waals surface area contributed by atoms with Crippen molar-refractivity contribution in [3.63, 3.8) is 0 Å². The van der Waals surface area contributed by atoms with Crippen molar-refractivity contribution in [1.29, 1.82) is 0 Å². The van der Waals surface area contributed by atoms with Crippen LogP contribution in [-0.4, -0.2) is 61.8 Å². The lowest BCUT2D eigenvalue weighted by molar-refractivity contribution is -0.923. The number of hydrogen-bond acceptors (Lipinski definition) is 4. The molecular formula is C25H33IN2O4. The van der Waals surface area contributed by atoms with Crippen LogP contribution in [0.2, 0.25) is 0 Å². The molecule has 2 rings (SSSR count). The Morgan fingerprint density at radius 2 is 1.50 bits per heavy atom. The van der Waals surface area contributed by atoms with Gasteiger partial charge in [0.15, 0.2) is 6.29 Å². The summed E-state index contributed by atoms with van der Waals surface area (Å²) in [6.45, 7) is 11.7. The minimum Gasteiger partial charge on any atom is -1.00 e. The Kier molecular flexibility index (Phi) is 12.3. The number of halogens is 1. The molecule has 0 aromatic heterocycles. The highest BCUT2D eigenvalue weighted by Crippen LogP contribution is 2.17. The van der Waals surface area contributed by atoms with Crippen LogP contribution in [0.15, 0.2) is 54.6 Å². The van der Waals surface area contributed by atoms with E-state index in [2.05, 4.69) is 26.1 Å². The molecule has 7 heteroatoms. The van der Waals surface area contributed by atoms with E-state index in [9.17, 15) is 14.4 Å². The normalized spacial score (nSPS) is 11.8. The van der Waals surface area contributed by atoms with Gasteiger partial charge in [0.1, 0.15) is 12.6 Å². The van der Waals surface area contributed by atoms with Crippen molar-refractivity contribution < 1.29 is 47.6 Å². The Balaban J connectivity index is 0.00000512. The number of amides is 1. The minimum absolute atomic E-state index is 0. The fourth-order valence-electron chi connectivity index (χ4n) is 3.62. The summed E-state index contributed by atoms with van der Waals surface area (Å²) in [5.41, 5.74) is 1.70. The molecule has 0 bridgehead atoms. The summed E-state index contributed by atoms with van der Waals surface area (Å²) in [5.74, 6) is -0.861. The number of hydrogen-bond donors (Lipinski definition) is 1. The number of rotatable bonds is 13. The smallest absolute Gasteiger partial charge is 0.251 e. The van der Waals surface area contributed by atoms with Crippen molar-refractivity contribution >= 4 is 18.0 Å². The summed E-state index contributed by atoms with van der Waals surface area (Å²) in [5, 5.41) is 2.93. The lowest BCUT2D eigenvalue weighted by Gasteiger charge is -2.36. The van der Waals surface area contributed by atoms with Crippen molar-refractivity contribution in [2.45, 2.75) is 26.9 Å². The summed E-state index contributed by atoms with van der Waals surface area (Å²) in [6, 6.07) is 15.9. The molecule has 1 amide bonds. The van der Waals surface area contributed by atoms with E-state index in [0.29, 0.717) is 18.7 Å². The standard InChI is InChI=1S/C25H32N2O4.HI/c1-4-27(5-2,6-3)16-17-31-24(21-10-8-7-9-11-21)18-26-25(30)22-14-12-20(13-15-22)23(29)19-28;/h7-15,19,24H,4-6,16-18H2,1-3H3;1H. The number of Topliss-reactive ketones (excluding diaryl/α,β-unsaturated/α-hetero) is 1. The molecular weight excluding hydrogens is 519 g/mol. The van der Waals surface area contributed by atoms with Crippen molar-refractivity contribution in [1.82, 2.24) is 5.32 Å². The van der Waals surface area contributed by atoms with Gasteiger partial charge in [0.2, 0.25) is 5.78 Å². The molecule has 0 radical (unpaired) electrons. The van der Waals surface area contributed by atoms with Gasteiger partial charge in [0, 0.05) is 17.7 Å². The number of aldehydes is 1. The summed E-state index contributed by atoms with van der Waals surface area (Å²) in [6.07, 6.45) is 0.00780. The third-order valence-corrected chi connectivity index (χ3v) is 6.06. The number of nitrogens with zero attached hydrogens (tertiary/aromatic N) is 1. The molecule has 2 aromatic carbocycles. The van der Waals surface area contributed by atoms with Crippen LogP contribution < -0.4 is 29.3 Å². The lowest BCUT2D eigenvalue weighted by Crippen LogP contribution is -3.00. The molecule has 6 nitrogen and oxygen atoms in total. The first-order chi connectivity index (χ1) is 15.0. The molecule has 0 fully saturated rings. The monoisotopic (exact) mass is 552 g/mol. The Labute approximate surface area is 207 Å². The van der Waals surface area contributed by atoms with Crippen molar-refractivity contribution in [2.75, 3.05) is 39.3 Å². The van der Waals surface area contributed by atoms with Crippen LogP contribution in [0.25, 0.3) is 0 Å². The SMILES string of the molecule is CC[N+](CC)(CC)CCOC(CNC(=O)c1ccc(C(=O)C=O)cc1)c1ccccc1.[I-]. The zero-order valence-electron chi connectivity index (χ0n) is 19.1. The minimum atomic E-state index is -0.606. The van der Waals surface area contributed by atoms with E-state index in [1.54, 1.807) is 12.1 Å². The number of carbonyl (C=O) groups is 3. The molecule has 32 heavy (non-hydrogen) atoms. The third-order valence-electron chi connectivity index (χ3n) is 6.06. The van der Waals surface area contributed by atoms with Gasteiger partial charge >= 0.3 is 0 Å². The predicted molar refractivity (Wildman–Crippen MR) is 121 cm³/mol. The highest BCUT2D eigenvalue weighted by molar-refractivity contribution is 6.33. The van der Waals surface area contributed by atoms with Gasteiger partial charge in [-0.25, -0.2) is 0 Å². The number of ketones is 1. The fourth-order valence-corrected chi connectivity index (χ4v) is 3.62. The summed E-state index contributed by atoms with van der Waals surface area (Å²) < 4.78 is 7.23. The quantitative estimate of drug-likeness (QED) is 0.129. The number of ether oxygens (including phenoxy) is 1. The van der Waals surface area contributed by atoms with Crippen LogP contribution >= 0.6 is 0 Å². The second-order valence-corrected chi connectivity index (χ2v) is 7.55. The van der Waals surface area contributed by atoms with Crippen molar-refractivity contribution in [3.8, 4) is 0 Å². The maximum absolute atomic E-state index is 12.6. The molecule has 1 N–H and O–H groups in total. The first kappa shape index (κ1) is 27.9. The highest BCUT2D eigenvalue weighted by atomic mass is 127. The number of benzene rings is 2. The van der Waals surface area contributed by atoms with E-state index in [4.69, 9.17) is 4.74 Å². The van der Waals surface area contributed by atoms with E-state index >= 15 is 0 Å². The molecule has 0 saturated carbocycles. The Morgan fingerprint density at radius 3 is 2.03 bits per heavy atom. The molecule has 1 atom stereocenters. The second-order valence-electron chi connectivity index (χ2n) is 7.55. The molecule has 0 heterocycles. The summed E-state index contributed by atoms with van der Waals surface area (Å²) >= 11 is 0. The van der Waals surface area contributed by atoms with Crippen molar-refractivity contribution in [2.24, 2.45) is 0 Å². The zero-order chi connectivity index (χ0) is 22.7. The van der Waals surface area contributed by atoms with Crippen LogP contribution in [0, 0.1) is 0 Å². The first-order valence-electron chi connectivity index (χ1n) is 10.9. The Hall–Kier alpha value is -2.10. The number of carbonyl (C=O) groups excluding carboxylic acids is 3. The van der Waals surface area contributed by atoms with Crippen LogP contribution in [0.4, 0.5) is 0 Å². The van der Waals surface area contributed by atoms with Crippen LogP contribution in [0.1, 0.15) is 53.2 Å². The topological polar surface area (TPSA) is 72.5 Å². The average molecular weight is 552 g/mol. The molecule has 0 spiro atoms. The van der Waals surface area contributed by atoms with Gasteiger partial charge in [-0.1, -0.05) is 42.5 Å². The summed E-state index contributed by atoms with van der Waals surface area (Å²) in [4.78, 5) is 34.6. The van der Waals surface area contributed by atoms with Crippen LogP contribution in [0.5, 0.6) is 0 Å². The number of quaternary nitrogens is 1. The Morgan fingerprint density at radius 1 is 0.938 bits per heavy atom. The largest absolute Gasteiger partial charge is 1.00 e. The van der Waals surface area contributed by atoms with Gasteiger partial charge in [-0.15, -0.1) is 0 Å². The van der Waals surface area contributed by atoms with Gasteiger partial charge in [-0.3, -0.25) is 14.4 Å². The van der Waals surface area contributed by atoms with E-state index in [-0.39, 0.29) is 47.8 Å². The van der Waals surface area contributed by atoms with Crippen LogP contribution in [-0.2, 0) is 9.53 Å². The van der Waals surface area contributed by atoms with E-state index < -0.39 is 5.78 Å². The van der Waals surface area contributed by atoms with E-state index in [1.165, 1.54) is 12.1 Å².